The van der Waals surface area contributed by atoms with Crippen molar-refractivity contribution in [2.45, 2.75) is 12.5 Å². The normalized spacial score (nSPS) is 12.8. The average molecular weight is 198 g/mol. The SMILES string of the molecule is CSCCC(O)c1cnccc1N. The molecule has 4 heteroatoms. The predicted octanol–water partition coefficient (Wildman–Crippen LogP) is 1.45. The number of aromatic nitrogens is 1. The fourth-order valence-corrected chi connectivity index (χ4v) is 1.54. The number of hydrogen-bond donors (Lipinski definition) is 2. The highest BCUT2D eigenvalue weighted by Gasteiger charge is 2.09. The Morgan fingerprint density at radius 1 is 1.69 bits per heavy atom. The third-order valence-corrected chi connectivity index (χ3v) is 2.49. The Bertz CT molecular complexity index is 268. The lowest BCUT2D eigenvalue weighted by Crippen LogP contribution is -2.03. The van der Waals surface area contributed by atoms with Gasteiger partial charge in [0.2, 0.25) is 0 Å². The van der Waals surface area contributed by atoms with Crippen molar-refractivity contribution in [2.75, 3.05) is 17.7 Å². The first-order valence-corrected chi connectivity index (χ1v) is 5.51. The van der Waals surface area contributed by atoms with Crippen LogP contribution in [0.3, 0.4) is 0 Å². The van der Waals surface area contributed by atoms with Gasteiger partial charge in [-0.05, 0) is 24.5 Å². The van der Waals surface area contributed by atoms with Crippen molar-refractivity contribution in [1.82, 2.24) is 4.98 Å². The zero-order valence-corrected chi connectivity index (χ0v) is 8.42. The molecule has 0 aliphatic carbocycles. The molecule has 1 aromatic heterocycles. The Labute approximate surface area is 82.4 Å². The van der Waals surface area contributed by atoms with E-state index < -0.39 is 6.10 Å². The molecule has 0 amide bonds. The summed E-state index contributed by atoms with van der Waals surface area (Å²) in [5.74, 6) is 0.926. The highest BCUT2D eigenvalue weighted by Crippen LogP contribution is 2.22. The third-order valence-electron chi connectivity index (χ3n) is 1.84. The van der Waals surface area contributed by atoms with Gasteiger partial charge in [-0.1, -0.05) is 0 Å². The van der Waals surface area contributed by atoms with Gasteiger partial charge in [0.05, 0.1) is 6.10 Å². The molecule has 1 aromatic rings. The van der Waals surface area contributed by atoms with Crippen LogP contribution in [0.5, 0.6) is 0 Å². The van der Waals surface area contributed by atoms with E-state index in [1.54, 1.807) is 30.2 Å². The van der Waals surface area contributed by atoms with E-state index in [0.29, 0.717) is 5.69 Å². The number of hydrogen-bond acceptors (Lipinski definition) is 4. The summed E-state index contributed by atoms with van der Waals surface area (Å²) in [7, 11) is 0. The molecule has 1 atom stereocenters. The van der Waals surface area contributed by atoms with Crippen molar-refractivity contribution < 1.29 is 5.11 Å². The fraction of sp³-hybridized carbons (Fsp3) is 0.444. The zero-order chi connectivity index (χ0) is 9.68. The average Bonchev–Trinajstić information content (AvgIpc) is 2.15. The van der Waals surface area contributed by atoms with Gasteiger partial charge in [0.15, 0.2) is 0 Å². The molecule has 72 valence electrons. The van der Waals surface area contributed by atoms with Gasteiger partial charge in [-0.25, -0.2) is 0 Å². The summed E-state index contributed by atoms with van der Waals surface area (Å²) in [4.78, 5) is 3.93. The van der Waals surface area contributed by atoms with Gasteiger partial charge < -0.3 is 10.8 Å². The van der Waals surface area contributed by atoms with E-state index >= 15 is 0 Å². The van der Waals surface area contributed by atoms with Gasteiger partial charge in [-0.15, -0.1) is 0 Å². The van der Waals surface area contributed by atoms with Crippen molar-refractivity contribution in [3.8, 4) is 0 Å². The minimum atomic E-state index is -0.485. The first-order chi connectivity index (χ1) is 6.25. The summed E-state index contributed by atoms with van der Waals surface area (Å²) < 4.78 is 0. The van der Waals surface area contributed by atoms with E-state index in [1.807, 2.05) is 6.26 Å². The Hall–Kier alpha value is -0.740. The Morgan fingerprint density at radius 2 is 2.46 bits per heavy atom. The lowest BCUT2D eigenvalue weighted by Gasteiger charge is -2.11. The molecule has 1 unspecified atom stereocenters. The molecule has 13 heavy (non-hydrogen) atoms. The lowest BCUT2D eigenvalue weighted by atomic mass is 10.1. The number of anilines is 1. The molecule has 0 aromatic carbocycles. The molecule has 1 heterocycles. The largest absolute Gasteiger partial charge is 0.398 e. The summed E-state index contributed by atoms with van der Waals surface area (Å²) in [5, 5.41) is 9.70. The van der Waals surface area contributed by atoms with Gasteiger partial charge in [-0.3, -0.25) is 4.98 Å². The molecule has 3 nitrogen and oxygen atoms in total. The Balaban J connectivity index is 2.65. The molecule has 0 aliphatic heterocycles. The number of aliphatic hydroxyl groups excluding tert-OH is 1. The van der Waals surface area contributed by atoms with Crippen LogP contribution in [-0.4, -0.2) is 22.1 Å². The Morgan fingerprint density at radius 3 is 3.08 bits per heavy atom. The van der Waals surface area contributed by atoms with Crippen molar-refractivity contribution in [3.63, 3.8) is 0 Å². The summed E-state index contributed by atoms with van der Waals surface area (Å²) in [6.45, 7) is 0. The maximum absolute atomic E-state index is 9.70. The summed E-state index contributed by atoms with van der Waals surface area (Å²) in [5.41, 5.74) is 7.03. The van der Waals surface area contributed by atoms with E-state index in [1.165, 1.54) is 0 Å². The minimum absolute atomic E-state index is 0.485. The molecule has 0 saturated carbocycles. The third kappa shape index (κ3) is 2.90. The number of nitrogens with zero attached hydrogens (tertiary/aromatic N) is 1. The van der Waals surface area contributed by atoms with Gasteiger partial charge in [0.1, 0.15) is 0 Å². The van der Waals surface area contributed by atoms with E-state index in [9.17, 15) is 5.11 Å². The quantitative estimate of drug-likeness (QED) is 0.768. The second kappa shape index (κ2) is 5.09. The second-order valence-electron chi connectivity index (χ2n) is 2.80. The van der Waals surface area contributed by atoms with Crippen molar-refractivity contribution >= 4 is 17.4 Å². The molecule has 0 saturated heterocycles. The first kappa shape index (κ1) is 10.3. The number of aliphatic hydroxyl groups is 1. The highest BCUT2D eigenvalue weighted by atomic mass is 32.2. The summed E-state index contributed by atoms with van der Waals surface area (Å²) >= 11 is 1.71. The molecular weight excluding hydrogens is 184 g/mol. The zero-order valence-electron chi connectivity index (χ0n) is 7.60. The van der Waals surface area contributed by atoms with Crippen LogP contribution in [-0.2, 0) is 0 Å². The van der Waals surface area contributed by atoms with Crippen LogP contribution in [0, 0.1) is 0 Å². The molecular formula is C9H14N2OS. The summed E-state index contributed by atoms with van der Waals surface area (Å²) in [6.07, 6.45) is 5.50. The minimum Gasteiger partial charge on any atom is -0.398 e. The predicted molar refractivity (Wildman–Crippen MR) is 56.6 cm³/mol. The molecule has 0 aliphatic rings. The van der Waals surface area contributed by atoms with Crippen LogP contribution in [0.25, 0.3) is 0 Å². The lowest BCUT2D eigenvalue weighted by molar-refractivity contribution is 0.175. The highest BCUT2D eigenvalue weighted by molar-refractivity contribution is 7.98. The molecule has 3 N–H and O–H groups in total. The number of pyridine rings is 1. The van der Waals surface area contributed by atoms with Crippen molar-refractivity contribution in [2.24, 2.45) is 0 Å². The molecule has 0 fully saturated rings. The van der Waals surface area contributed by atoms with Gasteiger partial charge in [-0.2, -0.15) is 11.8 Å². The van der Waals surface area contributed by atoms with Crippen LogP contribution in [0.4, 0.5) is 5.69 Å². The maximum Gasteiger partial charge on any atom is 0.0833 e. The van der Waals surface area contributed by atoms with E-state index in [0.717, 1.165) is 17.7 Å². The second-order valence-corrected chi connectivity index (χ2v) is 3.79. The maximum atomic E-state index is 9.70. The standard InChI is InChI=1S/C9H14N2OS/c1-13-5-3-9(12)7-6-11-4-2-8(7)10/h2,4,6,9,12H,3,5H2,1H3,(H2,10,11). The fourth-order valence-electron chi connectivity index (χ4n) is 1.08. The van der Waals surface area contributed by atoms with Crippen LogP contribution in [0.15, 0.2) is 18.5 Å². The van der Waals surface area contributed by atoms with Crippen LogP contribution in [0.1, 0.15) is 18.1 Å². The molecule has 0 spiro atoms. The molecule has 0 radical (unpaired) electrons. The Kier molecular flexibility index (Phi) is 4.05. The van der Waals surface area contributed by atoms with Crippen molar-refractivity contribution in [1.29, 1.82) is 0 Å². The van der Waals surface area contributed by atoms with Crippen LogP contribution >= 0.6 is 11.8 Å². The smallest absolute Gasteiger partial charge is 0.0833 e. The van der Waals surface area contributed by atoms with E-state index in [2.05, 4.69) is 4.98 Å². The van der Waals surface area contributed by atoms with E-state index in [-0.39, 0.29) is 0 Å². The number of nitrogens with two attached hydrogens (primary N) is 1. The van der Waals surface area contributed by atoms with Crippen LogP contribution < -0.4 is 5.73 Å². The first-order valence-electron chi connectivity index (χ1n) is 4.12. The monoisotopic (exact) mass is 198 g/mol. The topological polar surface area (TPSA) is 59.1 Å². The summed E-state index contributed by atoms with van der Waals surface area (Å²) in [6, 6.07) is 1.71. The number of nitrogen functional groups attached to an aromatic ring is 1. The van der Waals surface area contributed by atoms with Gasteiger partial charge in [0.25, 0.3) is 0 Å². The van der Waals surface area contributed by atoms with Gasteiger partial charge >= 0.3 is 0 Å². The number of thioether (sulfide) groups is 1. The van der Waals surface area contributed by atoms with Gasteiger partial charge in [0, 0.05) is 23.6 Å². The van der Waals surface area contributed by atoms with E-state index in [4.69, 9.17) is 5.73 Å². The molecule has 1 rings (SSSR count). The molecule has 0 bridgehead atoms. The van der Waals surface area contributed by atoms with Crippen LogP contribution in [0.2, 0.25) is 0 Å². The number of rotatable bonds is 4. The van der Waals surface area contributed by atoms with Crippen molar-refractivity contribution in [3.05, 3.63) is 24.0 Å².